The van der Waals surface area contributed by atoms with E-state index >= 15 is 0 Å². The molecule has 0 aliphatic heterocycles. The van der Waals surface area contributed by atoms with Gasteiger partial charge in [-0.3, -0.25) is 4.79 Å². The van der Waals surface area contributed by atoms with E-state index < -0.39 is 0 Å². The topological polar surface area (TPSA) is 64.3 Å². The molecule has 0 heterocycles. The molecule has 124 valence electrons. The van der Waals surface area contributed by atoms with E-state index in [1.807, 2.05) is 24.3 Å². The van der Waals surface area contributed by atoms with Crippen LogP contribution in [-0.4, -0.2) is 25.6 Å². The summed E-state index contributed by atoms with van der Waals surface area (Å²) in [5, 5.41) is 3.12. The molecule has 1 fully saturated rings. The Kier molecular flexibility index (Phi) is 8.28. The number of hydrogen-bond acceptors (Lipinski definition) is 3. The van der Waals surface area contributed by atoms with Gasteiger partial charge in [0.15, 0.2) is 0 Å². The Labute approximate surface area is 139 Å². The molecule has 1 aliphatic carbocycles. The SMILES string of the molecule is COc1ccc(CC(=O)NC(CN)C2CCCCC2)cc1.Cl. The Bertz CT molecular complexity index is 444. The molecular weight excluding hydrogens is 300 g/mol. The average Bonchev–Trinajstić information content (AvgIpc) is 2.54. The largest absolute Gasteiger partial charge is 0.497 e. The third kappa shape index (κ3) is 5.50. The highest BCUT2D eigenvalue weighted by atomic mass is 35.5. The summed E-state index contributed by atoms with van der Waals surface area (Å²) < 4.78 is 5.12. The van der Waals surface area contributed by atoms with Gasteiger partial charge in [-0.2, -0.15) is 0 Å². The van der Waals surface area contributed by atoms with Crippen molar-refractivity contribution in [1.82, 2.24) is 5.32 Å². The Hall–Kier alpha value is -1.26. The van der Waals surface area contributed by atoms with Crippen molar-refractivity contribution in [2.45, 2.75) is 44.6 Å². The Morgan fingerprint density at radius 2 is 1.91 bits per heavy atom. The van der Waals surface area contributed by atoms with Crippen LogP contribution >= 0.6 is 12.4 Å². The molecule has 1 aliphatic rings. The van der Waals surface area contributed by atoms with Crippen LogP contribution in [0.4, 0.5) is 0 Å². The highest BCUT2D eigenvalue weighted by molar-refractivity contribution is 5.85. The third-order valence-electron chi connectivity index (χ3n) is 4.34. The zero-order valence-electron chi connectivity index (χ0n) is 13.2. The van der Waals surface area contributed by atoms with Crippen LogP contribution in [0.5, 0.6) is 5.75 Å². The Morgan fingerprint density at radius 1 is 1.27 bits per heavy atom. The quantitative estimate of drug-likeness (QED) is 0.844. The minimum atomic E-state index is 0. The van der Waals surface area contributed by atoms with Gasteiger partial charge in [0.2, 0.25) is 5.91 Å². The monoisotopic (exact) mass is 326 g/mol. The number of nitrogens with two attached hydrogens (primary N) is 1. The van der Waals surface area contributed by atoms with E-state index in [2.05, 4.69) is 5.32 Å². The molecule has 1 unspecified atom stereocenters. The van der Waals surface area contributed by atoms with Gasteiger partial charge in [0, 0.05) is 12.6 Å². The normalized spacial score (nSPS) is 16.5. The standard InChI is InChI=1S/C17H26N2O2.ClH/c1-21-15-9-7-13(8-10-15)11-17(20)19-16(12-18)14-5-3-2-4-6-14;/h7-10,14,16H,2-6,11-12,18H2,1H3,(H,19,20);1H. The van der Waals surface area contributed by atoms with E-state index in [1.165, 1.54) is 32.1 Å². The third-order valence-corrected chi connectivity index (χ3v) is 4.34. The maximum atomic E-state index is 12.2. The average molecular weight is 327 g/mol. The van der Waals surface area contributed by atoms with Gasteiger partial charge < -0.3 is 15.8 Å². The van der Waals surface area contributed by atoms with Crippen molar-refractivity contribution >= 4 is 18.3 Å². The molecule has 1 aromatic carbocycles. The molecule has 0 spiro atoms. The number of rotatable bonds is 6. The predicted octanol–water partition coefficient (Wildman–Crippen LogP) is 2.68. The molecule has 3 N–H and O–H groups in total. The van der Waals surface area contributed by atoms with Gasteiger partial charge in [0.25, 0.3) is 0 Å². The van der Waals surface area contributed by atoms with E-state index in [9.17, 15) is 4.79 Å². The fourth-order valence-electron chi connectivity index (χ4n) is 3.09. The lowest BCUT2D eigenvalue weighted by atomic mass is 9.84. The van der Waals surface area contributed by atoms with Crippen molar-refractivity contribution in [2.24, 2.45) is 11.7 Å². The first-order valence-corrected chi connectivity index (χ1v) is 7.85. The molecule has 0 radical (unpaired) electrons. The minimum Gasteiger partial charge on any atom is -0.497 e. The summed E-state index contributed by atoms with van der Waals surface area (Å²) in [6, 6.07) is 7.73. The molecule has 1 aromatic rings. The lowest BCUT2D eigenvalue weighted by Gasteiger charge is -2.30. The zero-order valence-corrected chi connectivity index (χ0v) is 14.0. The first kappa shape index (κ1) is 18.8. The summed E-state index contributed by atoms with van der Waals surface area (Å²) in [4.78, 5) is 12.2. The zero-order chi connectivity index (χ0) is 15.1. The van der Waals surface area contributed by atoms with Crippen molar-refractivity contribution in [3.63, 3.8) is 0 Å². The molecule has 4 nitrogen and oxygen atoms in total. The van der Waals surface area contributed by atoms with Crippen molar-refractivity contribution in [3.8, 4) is 5.75 Å². The van der Waals surface area contributed by atoms with E-state index in [4.69, 9.17) is 10.5 Å². The Balaban J connectivity index is 0.00000242. The van der Waals surface area contributed by atoms with Crippen LogP contribution in [0, 0.1) is 5.92 Å². The van der Waals surface area contributed by atoms with Crippen molar-refractivity contribution in [2.75, 3.05) is 13.7 Å². The molecule has 1 atom stereocenters. The fourth-order valence-corrected chi connectivity index (χ4v) is 3.09. The maximum absolute atomic E-state index is 12.2. The number of methoxy groups -OCH3 is 1. The Morgan fingerprint density at radius 3 is 2.45 bits per heavy atom. The first-order chi connectivity index (χ1) is 10.2. The van der Waals surface area contributed by atoms with Crippen LogP contribution in [-0.2, 0) is 11.2 Å². The van der Waals surface area contributed by atoms with Gasteiger partial charge in [-0.25, -0.2) is 0 Å². The van der Waals surface area contributed by atoms with Gasteiger partial charge in [0.05, 0.1) is 13.5 Å². The summed E-state index contributed by atoms with van der Waals surface area (Å²) in [5.74, 6) is 1.41. The van der Waals surface area contributed by atoms with Crippen LogP contribution < -0.4 is 15.8 Å². The molecule has 1 saturated carbocycles. The van der Waals surface area contributed by atoms with Crippen molar-refractivity contribution < 1.29 is 9.53 Å². The number of carbonyl (C=O) groups excluding carboxylic acids is 1. The van der Waals surface area contributed by atoms with Crippen LogP contribution in [0.1, 0.15) is 37.7 Å². The summed E-state index contributed by atoms with van der Waals surface area (Å²) >= 11 is 0. The summed E-state index contributed by atoms with van der Waals surface area (Å²) in [7, 11) is 1.64. The van der Waals surface area contributed by atoms with Crippen LogP contribution in [0.15, 0.2) is 24.3 Å². The maximum Gasteiger partial charge on any atom is 0.224 e. The molecular formula is C17H27ClN2O2. The summed E-state index contributed by atoms with van der Waals surface area (Å²) in [6.07, 6.45) is 6.60. The van der Waals surface area contributed by atoms with Crippen molar-refractivity contribution in [3.05, 3.63) is 29.8 Å². The van der Waals surface area contributed by atoms with E-state index in [0.717, 1.165) is 11.3 Å². The molecule has 5 heteroatoms. The predicted molar refractivity (Wildman–Crippen MR) is 91.5 cm³/mol. The smallest absolute Gasteiger partial charge is 0.224 e. The van der Waals surface area contributed by atoms with E-state index in [0.29, 0.717) is 18.9 Å². The van der Waals surface area contributed by atoms with Gasteiger partial charge >= 0.3 is 0 Å². The number of hydrogen-bond donors (Lipinski definition) is 2. The van der Waals surface area contributed by atoms with E-state index in [-0.39, 0.29) is 24.4 Å². The van der Waals surface area contributed by atoms with E-state index in [1.54, 1.807) is 7.11 Å². The lowest BCUT2D eigenvalue weighted by Crippen LogP contribution is -2.46. The highest BCUT2D eigenvalue weighted by Gasteiger charge is 2.23. The number of halogens is 1. The van der Waals surface area contributed by atoms with Gasteiger partial charge in [-0.15, -0.1) is 12.4 Å². The number of amides is 1. The van der Waals surface area contributed by atoms with Crippen LogP contribution in [0.25, 0.3) is 0 Å². The molecule has 1 amide bonds. The van der Waals surface area contributed by atoms with Crippen molar-refractivity contribution in [1.29, 1.82) is 0 Å². The van der Waals surface area contributed by atoms with Crippen LogP contribution in [0.2, 0.25) is 0 Å². The molecule has 2 rings (SSSR count). The molecule has 0 saturated heterocycles. The lowest BCUT2D eigenvalue weighted by molar-refractivity contribution is -0.121. The van der Waals surface area contributed by atoms with Crippen LogP contribution in [0.3, 0.4) is 0 Å². The number of carbonyl (C=O) groups is 1. The molecule has 0 bridgehead atoms. The molecule has 22 heavy (non-hydrogen) atoms. The second-order valence-electron chi connectivity index (χ2n) is 5.83. The minimum absolute atomic E-state index is 0. The molecule has 0 aromatic heterocycles. The summed E-state index contributed by atoms with van der Waals surface area (Å²) in [6.45, 7) is 0.527. The number of benzene rings is 1. The highest BCUT2D eigenvalue weighted by Crippen LogP contribution is 2.26. The van der Waals surface area contributed by atoms with Gasteiger partial charge in [-0.05, 0) is 36.5 Å². The fraction of sp³-hybridized carbons (Fsp3) is 0.588. The number of nitrogens with one attached hydrogen (secondary N) is 1. The number of ether oxygens (including phenoxy) is 1. The second kappa shape index (κ2) is 9.70. The second-order valence-corrected chi connectivity index (χ2v) is 5.83. The first-order valence-electron chi connectivity index (χ1n) is 7.85. The van der Waals surface area contributed by atoms with Gasteiger partial charge in [-0.1, -0.05) is 31.4 Å². The summed E-state index contributed by atoms with van der Waals surface area (Å²) in [5.41, 5.74) is 6.85. The van der Waals surface area contributed by atoms with Gasteiger partial charge in [0.1, 0.15) is 5.75 Å².